The third-order valence-corrected chi connectivity index (χ3v) is 4.41. The molecule has 0 bridgehead atoms. The highest BCUT2D eigenvalue weighted by molar-refractivity contribution is 7.88. The van der Waals surface area contributed by atoms with Gasteiger partial charge in [0, 0.05) is 6.04 Å². The van der Waals surface area contributed by atoms with Gasteiger partial charge in [-0.3, -0.25) is 0 Å². The van der Waals surface area contributed by atoms with Crippen molar-refractivity contribution in [1.82, 2.24) is 4.72 Å². The van der Waals surface area contributed by atoms with E-state index in [1.807, 2.05) is 0 Å². The Bertz CT molecular complexity index is 532. The van der Waals surface area contributed by atoms with E-state index in [1.54, 1.807) is 0 Å². The molecule has 1 aliphatic carbocycles. The van der Waals surface area contributed by atoms with Crippen molar-refractivity contribution in [2.24, 2.45) is 0 Å². The third-order valence-electron chi connectivity index (χ3n) is 3.01. The molecule has 0 atom stereocenters. The van der Waals surface area contributed by atoms with Gasteiger partial charge in [0.2, 0.25) is 10.0 Å². The van der Waals surface area contributed by atoms with E-state index < -0.39 is 16.0 Å². The van der Waals surface area contributed by atoms with Gasteiger partial charge in [0.25, 0.3) is 0 Å². The Kier molecular flexibility index (Phi) is 3.68. The molecule has 0 aliphatic heterocycles. The molecule has 0 aromatic heterocycles. The van der Waals surface area contributed by atoms with Gasteiger partial charge >= 0.3 is 5.97 Å². The van der Waals surface area contributed by atoms with Crippen LogP contribution in [-0.2, 0) is 15.8 Å². The molecule has 0 saturated heterocycles. The molecule has 98 valence electrons. The summed E-state index contributed by atoms with van der Waals surface area (Å²) in [7, 11) is -3.33. The number of sulfonamides is 1. The molecule has 0 radical (unpaired) electrons. The van der Waals surface area contributed by atoms with Gasteiger partial charge < -0.3 is 5.11 Å². The zero-order valence-corrected chi connectivity index (χ0v) is 10.6. The lowest BCUT2D eigenvalue weighted by Gasteiger charge is -2.26. The number of carboxylic acids is 1. The molecule has 1 aromatic rings. The molecule has 0 unspecified atom stereocenters. The number of hydrogen-bond acceptors (Lipinski definition) is 3. The van der Waals surface area contributed by atoms with Crippen LogP contribution in [0, 0.1) is 0 Å². The predicted octanol–water partition coefficient (Wildman–Crippen LogP) is 1.36. The van der Waals surface area contributed by atoms with E-state index in [-0.39, 0.29) is 17.4 Å². The Hall–Kier alpha value is -1.40. The molecule has 1 aliphatic rings. The highest BCUT2D eigenvalue weighted by atomic mass is 32.2. The molecule has 5 nitrogen and oxygen atoms in total. The van der Waals surface area contributed by atoms with Crippen LogP contribution in [0.4, 0.5) is 0 Å². The Balaban J connectivity index is 2.01. The molecule has 1 aromatic carbocycles. The Labute approximate surface area is 106 Å². The van der Waals surface area contributed by atoms with Gasteiger partial charge in [0.1, 0.15) is 0 Å². The topological polar surface area (TPSA) is 83.5 Å². The van der Waals surface area contributed by atoms with Crippen molar-refractivity contribution in [2.45, 2.75) is 31.1 Å². The maximum Gasteiger partial charge on any atom is 0.335 e. The molecular formula is C12H15NO4S. The van der Waals surface area contributed by atoms with Gasteiger partial charge in [-0.15, -0.1) is 0 Å². The zero-order valence-electron chi connectivity index (χ0n) is 9.80. The highest BCUT2D eigenvalue weighted by Crippen LogP contribution is 2.19. The summed E-state index contributed by atoms with van der Waals surface area (Å²) < 4.78 is 26.2. The van der Waals surface area contributed by atoms with Crippen LogP contribution >= 0.6 is 0 Å². The van der Waals surface area contributed by atoms with Crippen LogP contribution in [0.15, 0.2) is 24.3 Å². The van der Waals surface area contributed by atoms with Crippen molar-refractivity contribution in [3.8, 4) is 0 Å². The van der Waals surface area contributed by atoms with Crippen LogP contribution in [0.1, 0.15) is 35.2 Å². The first-order valence-electron chi connectivity index (χ1n) is 5.78. The van der Waals surface area contributed by atoms with E-state index in [1.165, 1.54) is 24.3 Å². The van der Waals surface area contributed by atoms with Gasteiger partial charge in [0.15, 0.2) is 0 Å². The zero-order chi connectivity index (χ0) is 13.2. The summed E-state index contributed by atoms with van der Waals surface area (Å²) in [6.07, 6.45) is 2.87. The SMILES string of the molecule is O=C(O)c1ccc(CS(=O)(=O)NC2CCC2)cc1. The summed E-state index contributed by atoms with van der Waals surface area (Å²) in [5.74, 6) is -1.12. The molecule has 0 spiro atoms. The lowest BCUT2D eigenvalue weighted by Crippen LogP contribution is -2.39. The largest absolute Gasteiger partial charge is 0.478 e. The minimum Gasteiger partial charge on any atom is -0.478 e. The minimum absolute atomic E-state index is 0.0771. The quantitative estimate of drug-likeness (QED) is 0.845. The molecule has 2 N–H and O–H groups in total. The average molecular weight is 269 g/mol. The lowest BCUT2D eigenvalue weighted by molar-refractivity contribution is 0.0697. The third kappa shape index (κ3) is 3.30. The van der Waals surface area contributed by atoms with Gasteiger partial charge in [-0.25, -0.2) is 17.9 Å². The van der Waals surface area contributed by atoms with Crippen LogP contribution < -0.4 is 4.72 Å². The van der Waals surface area contributed by atoms with E-state index >= 15 is 0 Å². The molecule has 0 heterocycles. The number of hydrogen-bond donors (Lipinski definition) is 2. The Morgan fingerprint density at radius 2 is 1.89 bits per heavy atom. The van der Waals surface area contributed by atoms with Crippen molar-refractivity contribution >= 4 is 16.0 Å². The van der Waals surface area contributed by atoms with E-state index in [9.17, 15) is 13.2 Å². The van der Waals surface area contributed by atoms with Crippen molar-refractivity contribution in [2.75, 3.05) is 0 Å². The van der Waals surface area contributed by atoms with Gasteiger partial charge in [-0.05, 0) is 30.5 Å². The predicted molar refractivity (Wildman–Crippen MR) is 66.8 cm³/mol. The van der Waals surface area contributed by atoms with Crippen LogP contribution in [0.25, 0.3) is 0 Å². The maximum absolute atomic E-state index is 11.8. The minimum atomic E-state index is -3.33. The van der Waals surface area contributed by atoms with Gasteiger partial charge in [0.05, 0.1) is 11.3 Å². The average Bonchev–Trinajstić information content (AvgIpc) is 2.24. The second-order valence-corrected chi connectivity index (χ2v) is 6.26. The summed E-state index contributed by atoms with van der Waals surface area (Å²) in [6.45, 7) is 0. The van der Waals surface area contributed by atoms with Crippen molar-refractivity contribution in [3.05, 3.63) is 35.4 Å². The fourth-order valence-corrected chi connectivity index (χ4v) is 3.24. The highest BCUT2D eigenvalue weighted by Gasteiger charge is 2.23. The number of carboxylic acid groups (broad SMARTS) is 1. The second kappa shape index (κ2) is 5.07. The summed E-state index contributed by atoms with van der Waals surface area (Å²) in [5.41, 5.74) is 0.745. The number of rotatable bonds is 5. The van der Waals surface area contributed by atoms with Crippen molar-refractivity contribution in [3.63, 3.8) is 0 Å². The van der Waals surface area contributed by atoms with Crippen LogP contribution in [0.5, 0.6) is 0 Å². The van der Waals surface area contributed by atoms with E-state index in [2.05, 4.69) is 4.72 Å². The van der Waals surface area contributed by atoms with Crippen LogP contribution in [0.3, 0.4) is 0 Å². The normalized spacial score (nSPS) is 16.2. The molecule has 2 rings (SSSR count). The number of aromatic carboxylic acids is 1. The number of nitrogens with one attached hydrogen (secondary N) is 1. The lowest BCUT2D eigenvalue weighted by atomic mass is 9.94. The monoisotopic (exact) mass is 269 g/mol. The van der Waals surface area contributed by atoms with Gasteiger partial charge in [-0.1, -0.05) is 18.6 Å². The van der Waals surface area contributed by atoms with Gasteiger partial charge in [-0.2, -0.15) is 0 Å². The summed E-state index contributed by atoms with van der Waals surface area (Å²) in [4.78, 5) is 10.7. The van der Waals surface area contributed by atoms with Crippen LogP contribution in [0.2, 0.25) is 0 Å². The Morgan fingerprint density at radius 1 is 1.28 bits per heavy atom. The fraction of sp³-hybridized carbons (Fsp3) is 0.417. The van der Waals surface area contributed by atoms with E-state index in [0.29, 0.717) is 5.56 Å². The maximum atomic E-state index is 11.8. The number of carbonyl (C=O) groups is 1. The molecule has 0 amide bonds. The smallest absolute Gasteiger partial charge is 0.335 e. The molecule has 1 fully saturated rings. The van der Waals surface area contributed by atoms with Crippen LogP contribution in [-0.4, -0.2) is 25.5 Å². The first-order valence-corrected chi connectivity index (χ1v) is 7.44. The van der Waals surface area contributed by atoms with E-state index in [0.717, 1.165) is 19.3 Å². The molecule has 18 heavy (non-hydrogen) atoms. The summed E-state index contributed by atoms with van der Waals surface area (Å²) >= 11 is 0. The first kappa shape index (κ1) is 13.0. The first-order chi connectivity index (χ1) is 8.46. The Morgan fingerprint density at radius 3 is 2.33 bits per heavy atom. The van der Waals surface area contributed by atoms with Crippen molar-refractivity contribution < 1.29 is 18.3 Å². The van der Waals surface area contributed by atoms with Crippen molar-refractivity contribution in [1.29, 1.82) is 0 Å². The molecular weight excluding hydrogens is 254 g/mol. The number of benzene rings is 1. The molecule has 1 saturated carbocycles. The molecule has 6 heteroatoms. The summed E-state index contributed by atoms with van der Waals surface area (Å²) in [5, 5.41) is 8.74. The standard InChI is InChI=1S/C12H15NO4S/c14-12(15)10-6-4-9(5-7-10)8-18(16,17)13-11-2-1-3-11/h4-7,11,13H,1-3,8H2,(H,14,15). The van der Waals surface area contributed by atoms with E-state index in [4.69, 9.17) is 5.11 Å². The summed E-state index contributed by atoms with van der Waals surface area (Å²) in [6, 6.07) is 5.97. The second-order valence-electron chi connectivity index (χ2n) is 4.51. The fourth-order valence-electron chi connectivity index (χ4n) is 1.78.